The topological polar surface area (TPSA) is 102 Å². The lowest BCUT2D eigenvalue weighted by atomic mass is 9.98. The zero-order chi connectivity index (χ0) is 14.9. The maximum absolute atomic E-state index is 13.7. The van der Waals surface area contributed by atoms with Crippen molar-refractivity contribution in [3.05, 3.63) is 33.9 Å². The molecule has 20 heavy (non-hydrogen) atoms. The van der Waals surface area contributed by atoms with Crippen molar-refractivity contribution < 1.29 is 28.3 Å². The van der Waals surface area contributed by atoms with Gasteiger partial charge in [-0.3, -0.25) is 10.1 Å². The highest BCUT2D eigenvalue weighted by molar-refractivity contribution is 5.83. The first-order valence-electron chi connectivity index (χ1n) is 5.58. The van der Waals surface area contributed by atoms with E-state index >= 15 is 0 Å². The Morgan fingerprint density at radius 1 is 1.45 bits per heavy atom. The van der Waals surface area contributed by atoms with Gasteiger partial charge in [-0.1, -0.05) is 0 Å². The van der Waals surface area contributed by atoms with E-state index < -0.39 is 39.4 Å². The molecule has 1 fully saturated rings. The number of carboxylic acid groups (broad SMARTS) is 1. The summed E-state index contributed by atoms with van der Waals surface area (Å²) < 4.78 is 32.4. The fourth-order valence-electron chi connectivity index (χ4n) is 1.91. The second kappa shape index (κ2) is 5.00. The van der Waals surface area contributed by atoms with Gasteiger partial charge in [0.1, 0.15) is 5.69 Å². The molecule has 0 radical (unpaired) electrons. The van der Waals surface area contributed by atoms with Crippen LogP contribution >= 0.6 is 0 Å². The Kier molecular flexibility index (Phi) is 3.53. The van der Waals surface area contributed by atoms with Gasteiger partial charge in [0.2, 0.25) is 0 Å². The Morgan fingerprint density at radius 2 is 2.05 bits per heavy atom. The van der Waals surface area contributed by atoms with Crippen LogP contribution in [0.1, 0.15) is 6.42 Å². The molecule has 2 rings (SSSR count). The molecule has 2 N–H and O–H groups in total. The van der Waals surface area contributed by atoms with Crippen LogP contribution in [0, 0.1) is 21.7 Å². The minimum Gasteiger partial charge on any atom is -0.479 e. The van der Waals surface area contributed by atoms with E-state index in [0.717, 1.165) is 0 Å². The number of anilines is 1. The molecule has 0 aliphatic carbocycles. The van der Waals surface area contributed by atoms with Gasteiger partial charge in [-0.15, -0.1) is 0 Å². The number of aliphatic carboxylic acids is 1. The normalized spacial score (nSPS) is 21.7. The number of carbonyl (C=O) groups is 1. The van der Waals surface area contributed by atoms with Crippen LogP contribution in [0.25, 0.3) is 0 Å². The van der Waals surface area contributed by atoms with Crippen molar-refractivity contribution in [2.24, 2.45) is 0 Å². The molecule has 0 saturated carbocycles. The van der Waals surface area contributed by atoms with Crippen LogP contribution in [-0.2, 0) is 9.53 Å². The van der Waals surface area contributed by atoms with Crippen molar-refractivity contribution >= 4 is 17.3 Å². The van der Waals surface area contributed by atoms with Crippen LogP contribution in [-0.4, -0.2) is 34.8 Å². The number of ether oxygens (including phenoxy) is 1. The number of nitrogens with zero attached hydrogens (tertiary/aromatic N) is 1. The summed E-state index contributed by atoms with van der Waals surface area (Å²) in [7, 11) is 0. The number of rotatable bonds is 4. The van der Waals surface area contributed by atoms with Gasteiger partial charge in [-0.25, -0.2) is 13.6 Å². The van der Waals surface area contributed by atoms with Crippen LogP contribution in [0.5, 0.6) is 0 Å². The van der Waals surface area contributed by atoms with Crippen LogP contribution in [0.4, 0.5) is 20.2 Å². The van der Waals surface area contributed by atoms with Crippen LogP contribution in [0.2, 0.25) is 0 Å². The number of halogens is 2. The molecular weight excluding hydrogens is 278 g/mol. The minimum absolute atomic E-state index is 0.0260. The molecule has 1 unspecified atom stereocenters. The molecule has 108 valence electrons. The van der Waals surface area contributed by atoms with Crippen molar-refractivity contribution in [1.82, 2.24) is 0 Å². The number of hydrogen-bond acceptors (Lipinski definition) is 5. The van der Waals surface area contributed by atoms with Crippen molar-refractivity contribution in [3.8, 4) is 0 Å². The fourth-order valence-corrected chi connectivity index (χ4v) is 1.91. The molecule has 1 aliphatic rings. The summed E-state index contributed by atoms with van der Waals surface area (Å²) in [5.41, 5.74) is -3.11. The standard InChI is InChI=1S/C11H10F2N2O5/c12-7-3-6(15(18)19)4-8(13)9(7)14-11(10(16)17)1-2-20-5-11/h3-4,14H,1-2,5H2,(H,16,17). The van der Waals surface area contributed by atoms with Gasteiger partial charge in [0, 0.05) is 13.0 Å². The van der Waals surface area contributed by atoms with Crippen molar-refractivity contribution in [2.45, 2.75) is 12.0 Å². The SMILES string of the molecule is O=C(O)C1(Nc2c(F)cc([N+](=O)[O-])cc2F)CCOC1. The number of nitrogens with one attached hydrogen (secondary N) is 1. The quantitative estimate of drug-likeness (QED) is 0.643. The van der Waals surface area contributed by atoms with Gasteiger partial charge in [-0.2, -0.15) is 0 Å². The minimum atomic E-state index is -1.64. The Bertz CT molecular complexity index is 549. The first-order valence-corrected chi connectivity index (χ1v) is 5.58. The van der Waals surface area contributed by atoms with Gasteiger partial charge in [0.15, 0.2) is 17.2 Å². The van der Waals surface area contributed by atoms with E-state index in [1.807, 2.05) is 0 Å². The smallest absolute Gasteiger partial charge is 0.331 e. The molecule has 1 heterocycles. The highest BCUT2D eigenvalue weighted by atomic mass is 19.1. The Labute approximate surface area is 111 Å². The molecule has 0 amide bonds. The van der Waals surface area contributed by atoms with E-state index in [0.29, 0.717) is 12.1 Å². The zero-order valence-corrected chi connectivity index (χ0v) is 10.1. The van der Waals surface area contributed by atoms with Crippen molar-refractivity contribution in [2.75, 3.05) is 18.5 Å². The molecule has 0 bridgehead atoms. The molecule has 7 nitrogen and oxygen atoms in total. The van der Waals surface area contributed by atoms with E-state index in [1.165, 1.54) is 0 Å². The Hall–Kier alpha value is -2.29. The lowest BCUT2D eigenvalue weighted by Gasteiger charge is -2.25. The number of hydrogen-bond donors (Lipinski definition) is 2. The molecule has 0 spiro atoms. The summed E-state index contributed by atoms with van der Waals surface area (Å²) in [5.74, 6) is -3.78. The Morgan fingerprint density at radius 3 is 2.45 bits per heavy atom. The van der Waals surface area contributed by atoms with E-state index in [-0.39, 0.29) is 19.6 Å². The number of nitro benzene ring substituents is 1. The van der Waals surface area contributed by atoms with Gasteiger partial charge < -0.3 is 15.2 Å². The molecule has 1 saturated heterocycles. The summed E-state index contributed by atoms with van der Waals surface area (Å²) >= 11 is 0. The maximum Gasteiger partial charge on any atom is 0.331 e. The van der Waals surface area contributed by atoms with Gasteiger partial charge in [-0.05, 0) is 0 Å². The van der Waals surface area contributed by atoms with Gasteiger partial charge in [0.05, 0.1) is 23.7 Å². The van der Waals surface area contributed by atoms with Gasteiger partial charge >= 0.3 is 5.97 Å². The van der Waals surface area contributed by atoms with Crippen molar-refractivity contribution in [1.29, 1.82) is 0 Å². The first kappa shape index (κ1) is 14.1. The van der Waals surface area contributed by atoms with E-state index in [4.69, 9.17) is 9.84 Å². The summed E-state index contributed by atoms with van der Waals surface area (Å²) in [4.78, 5) is 20.8. The summed E-state index contributed by atoms with van der Waals surface area (Å²) in [6.45, 7) is -0.117. The lowest BCUT2D eigenvalue weighted by Crippen LogP contribution is -2.47. The molecule has 0 aromatic heterocycles. The zero-order valence-electron chi connectivity index (χ0n) is 10.1. The highest BCUT2D eigenvalue weighted by Gasteiger charge is 2.43. The number of carboxylic acids is 1. The Balaban J connectivity index is 2.38. The second-order valence-corrected chi connectivity index (χ2v) is 4.36. The largest absolute Gasteiger partial charge is 0.479 e. The van der Waals surface area contributed by atoms with E-state index in [1.54, 1.807) is 0 Å². The summed E-state index contributed by atoms with van der Waals surface area (Å²) in [5, 5.41) is 21.9. The predicted molar refractivity (Wildman–Crippen MR) is 62.4 cm³/mol. The fraction of sp³-hybridized carbons (Fsp3) is 0.364. The molecule has 1 atom stereocenters. The molecule has 9 heteroatoms. The number of non-ortho nitro benzene ring substituents is 1. The predicted octanol–water partition coefficient (Wildman–Crippen LogP) is 1.53. The lowest BCUT2D eigenvalue weighted by molar-refractivity contribution is -0.385. The van der Waals surface area contributed by atoms with E-state index in [2.05, 4.69) is 5.32 Å². The monoisotopic (exact) mass is 288 g/mol. The molecule has 1 aliphatic heterocycles. The average molecular weight is 288 g/mol. The second-order valence-electron chi connectivity index (χ2n) is 4.36. The van der Waals surface area contributed by atoms with Gasteiger partial charge in [0.25, 0.3) is 5.69 Å². The van der Waals surface area contributed by atoms with E-state index in [9.17, 15) is 23.7 Å². The number of benzene rings is 1. The highest BCUT2D eigenvalue weighted by Crippen LogP contribution is 2.30. The maximum atomic E-state index is 13.7. The molecular formula is C11H10F2N2O5. The summed E-state index contributed by atoms with van der Waals surface area (Å²) in [6, 6.07) is 1.05. The molecule has 1 aromatic rings. The average Bonchev–Trinajstić information content (AvgIpc) is 2.83. The third kappa shape index (κ3) is 2.39. The third-order valence-corrected chi connectivity index (χ3v) is 3.03. The van der Waals surface area contributed by atoms with Crippen LogP contribution < -0.4 is 5.32 Å². The summed E-state index contributed by atoms with van der Waals surface area (Å²) in [6.07, 6.45) is 0.0260. The van der Waals surface area contributed by atoms with Crippen LogP contribution in [0.15, 0.2) is 12.1 Å². The van der Waals surface area contributed by atoms with Crippen molar-refractivity contribution in [3.63, 3.8) is 0 Å². The van der Waals surface area contributed by atoms with Crippen LogP contribution in [0.3, 0.4) is 0 Å². The third-order valence-electron chi connectivity index (χ3n) is 3.03. The number of nitro groups is 1. The molecule has 1 aromatic carbocycles. The first-order chi connectivity index (χ1) is 9.35.